The standard InChI is InChI=1S/C18H16N2O3/c1-23-16-7-6-14(10-13(16)11-21)20-18(22)17-15-5-3-2-4-12(15)8-9-19-17/h2-10,21H,11H2,1H3,(H,20,22). The van der Waals surface area contributed by atoms with Gasteiger partial charge in [-0.15, -0.1) is 0 Å². The molecule has 0 saturated carbocycles. The largest absolute Gasteiger partial charge is 0.496 e. The molecule has 2 N–H and O–H groups in total. The molecular formula is C18H16N2O3. The Morgan fingerprint density at radius 2 is 2.04 bits per heavy atom. The smallest absolute Gasteiger partial charge is 0.274 e. The summed E-state index contributed by atoms with van der Waals surface area (Å²) in [5, 5.41) is 13.9. The molecule has 0 saturated heterocycles. The minimum absolute atomic E-state index is 0.167. The molecule has 23 heavy (non-hydrogen) atoms. The van der Waals surface area contributed by atoms with E-state index in [1.54, 1.807) is 24.4 Å². The molecule has 0 aliphatic heterocycles. The van der Waals surface area contributed by atoms with Crippen molar-refractivity contribution in [1.29, 1.82) is 0 Å². The van der Waals surface area contributed by atoms with Crippen LogP contribution in [-0.4, -0.2) is 23.1 Å². The van der Waals surface area contributed by atoms with Crippen molar-refractivity contribution in [1.82, 2.24) is 4.98 Å². The van der Waals surface area contributed by atoms with Crippen LogP contribution in [-0.2, 0) is 6.61 Å². The van der Waals surface area contributed by atoms with Gasteiger partial charge < -0.3 is 15.2 Å². The highest BCUT2D eigenvalue weighted by Crippen LogP contribution is 2.23. The number of methoxy groups -OCH3 is 1. The Hall–Kier alpha value is -2.92. The third-order valence-electron chi connectivity index (χ3n) is 3.60. The Morgan fingerprint density at radius 3 is 2.83 bits per heavy atom. The lowest BCUT2D eigenvalue weighted by atomic mass is 10.1. The molecule has 1 heterocycles. The number of aliphatic hydroxyl groups excluding tert-OH is 1. The molecule has 0 unspecified atom stereocenters. The van der Waals surface area contributed by atoms with E-state index in [2.05, 4.69) is 10.3 Å². The normalized spacial score (nSPS) is 10.5. The predicted octanol–water partition coefficient (Wildman–Crippen LogP) is 2.99. The summed E-state index contributed by atoms with van der Waals surface area (Å²) >= 11 is 0. The number of anilines is 1. The number of carbonyl (C=O) groups is 1. The fourth-order valence-corrected chi connectivity index (χ4v) is 2.47. The van der Waals surface area contributed by atoms with Crippen molar-refractivity contribution in [3.8, 4) is 5.75 Å². The van der Waals surface area contributed by atoms with Crippen molar-refractivity contribution in [3.63, 3.8) is 0 Å². The minimum Gasteiger partial charge on any atom is -0.496 e. The van der Waals surface area contributed by atoms with Gasteiger partial charge in [-0.3, -0.25) is 9.78 Å². The average molecular weight is 308 g/mol. The van der Waals surface area contributed by atoms with Crippen LogP contribution in [0.15, 0.2) is 54.7 Å². The van der Waals surface area contributed by atoms with Gasteiger partial charge in [-0.2, -0.15) is 0 Å². The van der Waals surface area contributed by atoms with Gasteiger partial charge in [-0.05, 0) is 29.7 Å². The van der Waals surface area contributed by atoms with E-state index >= 15 is 0 Å². The second kappa shape index (κ2) is 6.46. The summed E-state index contributed by atoms with van der Waals surface area (Å²) in [6.45, 7) is -0.167. The number of benzene rings is 2. The molecule has 5 nitrogen and oxygen atoms in total. The van der Waals surface area contributed by atoms with Gasteiger partial charge in [0.2, 0.25) is 0 Å². The van der Waals surface area contributed by atoms with Crippen LogP contribution in [0.4, 0.5) is 5.69 Å². The first-order valence-electron chi connectivity index (χ1n) is 7.16. The van der Waals surface area contributed by atoms with Gasteiger partial charge in [0.25, 0.3) is 5.91 Å². The van der Waals surface area contributed by atoms with E-state index in [4.69, 9.17) is 4.74 Å². The first-order valence-corrected chi connectivity index (χ1v) is 7.16. The lowest BCUT2D eigenvalue weighted by molar-refractivity contribution is 0.102. The summed E-state index contributed by atoms with van der Waals surface area (Å²) in [7, 11) is 1.53. The van der Waals surface area contributed by atoms with Crippen LogP contribution < -0.4 is 10.1 Å². The number of nitrogens with one attached hydrogen (secondary N) is 1. The molecular weight excluding hydrogens is 292 g/mol. The lowest BCUT2D eigenvalue weighted by Crippen LogP contribution is -2.14. The third kappa shape index (κ3) is 3.00. The first-order chi connectivity index (χ1) is 11.2. The van der Waals surface area contributed by atoms with Crippen LogP contribution in [0.3, 0.4) is 0 Å². The Balaban J connectivity index is 1.92. The van der Waals surface area contributed by atoms with Crippen LogP contribution in [0.1, 0.15) is 16.1 Å². The Labute approximate surface area is 133 Å². The van der Waals surface area contributed by atoms with E-state index in [0.717, 1.165) is 10.8 Å². The van der Waals surface area contributed by atoms with Gasteiger partial charge in [0.15, 0.2) is 0 Å². The summed E-state index contributed by atoms with van der Waals surface area (Å²) < 4.78 is 5.15. The average Bonchev–Trinajstić information content (AvgIpc) is 2.61. The van der Waals surface area contributed by atoms with Gasteiger partial charge in [0.05, 0.1) is 13.7 Å². The number of amides is 1. The fraction of sp³-hybridized carbons (Fsp3) is 0.111. The number of fused-ring (bicyclic) bond motifs is 1. The zero-order chi connectivity index (χ0) is 16.2. The second-order valence-electron chi connectivity index (χ2n) is 5.02. The van der Waals surface area contributed by atoms with Crippen LogP contribution >= 0.6 is 0 Å². The fourth-order valence-electron chi connectivity index (χ4n) is 2.47. The monoisotopic (exact) mass is 308 g/mol. The van der Waals surface area contributed by atoms with Crippen LogP contribution in [0.2, 0.25) is 0 Å². The van der Waals surface area contributed by atoms with Crippen LogP contribution in [0, 0.1) is 0 Å². The summed E-state index contributed by atoms with van der Waals surface area (Å²) in [6.07, 6.45) is 1.62. The second-order valence-corrected chi connectivity index (χ2v) is 5.02. The van der Waals surface area contributed by atoms with Gasteiger partial charge >= 0.3 is 0 Å². The zero-order valence-corrected chi connectivity index (χ0v) is 12.6. The van der Waals surface area contributed by atoms with E-state index in [-0.39, 0.29) is 12.5 Å². The summed E-state index contributed by atoms with van der Waals surface area (Å²) in [6, 6.07) is 14.6. The molecule has 2 aromatic carbocycles. The number of rotatable bonds is 4. The van der Waals surface area contributed by atoms with E-state index in [0.29, 0.717) is 22.7 Å². The molecule has 0 bridgehead atoms. The van der Waals surface area contributed by atoms with Crippen molar-refractivity contribution < 1.29 is 14.6 Å². The quantitative estimate of drug-likeness (QED) is 0.777. The minimum atomic E-state index is -0.296. The lowest BCUT2D eigenvalue weighted by Gasteiger charge is -2.10. The summed E-state index contributed by atoms with van der Waals surface area (Å²) in [5.41, 5.74) is 1.55. The van der Waals surface area contributed by atoms with Gasteiger partial charge in [-0.25, -0.2) is 0 Å². The molecule has 0 aliphatic carbocycles. The number of hydrogen-bond acceptors (Lipinski definition) is 4. The molecule has 0 spiro atoms. The number of hydrogen-bond donors (Lipinski definition) is 2. The van der Waals surface area contributed by atoms with Crippen LogP contribution in [0.25, 0.3) is 10.8 Å². The Morgan fingerprint density at radius 1 is 1.22 bits per heavy atom. The van der Waals surface area contributed by atoms with Gasteiger partial charge in [-0.1, -0.05) is 24.3 Å². The highest BCUT2D eigenvalue weighted by molar-refractivity contribution is 6.11. The summed E-state index contributed by atoms with van der Waals surface area (Å²) in [5.74, 6) is 0.282. The van der Waals surface area contributed by atoms with Crippen molar-refractivity contribution in [3.05, 3.63) is 66.0 Å². The highest BCUT2D eigenvalue weighted by atomic mass is 16.5. The van der Waals surface area contributed by atoms with Gasteiger partial charge in [0, 0.05) is 22.8 Å². The molecule has 116 valence electrons. The summed E-state index contributed by atoms with van der Waals surface area (Å²) in [4.78, 5) is 16.7. The number of carbonyl (C=O) groups excluding carboxylic acids is 1. The van der Waals surface area contributed by atoms with Crippen molar-refractivity contribution in [2.75, 3.05) is 12.4 Å². The number of ether oxygens (including phenoxy) is 1. The molecule has 3 aromatic rings. The molecule has 1 aromatic heterocycles. The van der Waals surface area contributed by atoms with E-state index < -0.39 is 0 Å². The Bertz CT molecular complexity index is 857. The predicted molar refractivity (Wildman–Crippen MR) is 88.6 cm³/mol. The molecule has 0 atom stereocenters. The highest BCUT2D eigenvalue weighted by Gasteiger charge is 2.12. The Kier molecular flexibility index (Phi) is 4.21. The topological polar surface area (TPSA) is 71.5 Å². The van der Waals surface area contributed by atoms with E-state index in [9.17, 15) is 9.90 Å². The maximum absolute atomic E-state index is 12.5. The van der Waals surface area contributed by atoms with Crippen molar-refractivity contribution in [2.24, 2.45) is 0 Å². The first kappa shape index (κ1) is 15.0. The third-order valence-corrected chi connectivity index (χ3v) is 3.60. The molecule has 1 amide bonds. The van der Waals surface area contributed by atoms with Crippen LogP contribution in [0.5, 0.6) is 5.75 Å². The zero-order valence-electron chi connectivity index (χ0n) is 12.6. The number of pyridine rings is 1. The van der Waals surface area contributed by atoms with E-state index in [1.807, 2.05) is 30.3 Å². The van der Waals surface area contributed by atoms with E-state index in [1.165, 1.54) is 7.11 Å². The molecule has 3 rings (SSSR count). The number of aliphatic hydroxyl groups is 1. The number of nitrogens with zero attached hydrogens (tertiary/aromatic N) is 1. The molecule has 0 fully saturated rings. The van der Waals surface area contributed by atoms with Crippen molar-refractivity contribution in [2.45, 2.75) is 6.61 Å². The maximum Gasteiger partial charge on any atom is 0.274 e. The van der Waals surface area contributed by atoms with Crippen molar-refractivity contribution >= 4 is 22.4 Å². The molecule has 0 aliphatic rings. The molecule has 0 radical (unpaired) electrons. The SMILES string of the molecule is COc1ccc(NC(=O)c2nccc3ccccc23)cc1CO. The van der Waals surface area contributed by atoms with Gasteiger partial charge in [0.1, 0.15) is 11.4 Å². The number of aromatic nitrogens is 1. The molecule has 5 heteroatoms. The maximum atomic E-state index is 12.5.